The molecule has 0 amide bonds. The molecule has 5 heteroatoms. The molecule has 1 aliphatic rings. The molecule has 1 saturated heterocycles. The Morgan fingerprint density at radius 3 is 2.47 bits per heavy atom. The Bertz CT molecular complexity index is 203. The topological polar surface area (TPSA) is 53.0 Å². The van der Waals surface area contributed by atoms with E-state index in [0.29, 0.717) is 0 Å². The summed E-state index contributed by atoms with van der Waals surface area (Å²) in [4.78, 5) is 15.6. The molecule has 88 valence electrons. The number of ether oxygens (including phenoxy) is 1. The van der Waals surface area contributed by atoms with Gasteiger partial charge in [0.25, 0.3) is 0 Å². The number of methoxy groups -OCH3 is 1. The lowest BCUT2D eigenvalue weighted by molar-refractivity contribution is -0.147. The summed E-state index contributed by atoms with van der Waals surface area (Å²) < 4.78 is 4.71. The number of carbonyl (C=O) groups is 1. The molecule has 1 fully saturated rings. The average Bonchev–Trinajstić information content (AvgIpc) is 2.28. The zero-order valence-electron chi connectivity index (χ0n) is 9.48. The van der Waals surface area contributed by atoms with Crippen molar-refractivity contribution in [3.05, 3.63) is 0 Å². The van der Waals surface area contributed by atoms with Gasteiger partial charge in [0.15, 0.2) is 0 Å². The molecule has 0 saturated carbocycles. The highest BCUT2D eigenvalue weighted by Crippen LogP contribution is 2.06. The van der Waals surface area contributed by atoms with Gasteiger partial charge in [-0.25, -0.2) is 0 Å². The van der Waals surface area contributed by atoms with Crippen LogP contribution in [0, 0.1) is 0 Å². The van der Waals surface area contributed by atoms with Crippen LogP contribution in [0.2, 0.25) is 0 Å². The predicted molar refractivity (Wildman–Crippen MR) is 56.6 cm³/mol. The lowest BCUT2D eigenvalue weighted by Crippen LogP contribution is -2.52. The summed E-state index contributed by atoms with van der Waals surface area (Å²) in [6.07, 6.45) is 0. The van der Waals surface area contributed by atoms with Crippen LogP contribution in [-0.2, 0) is 9.53 Å². The molecular formula is C10H20N2O3. The van der Waals surface area contributed by atoms with Crippen molar-refractivity contribution in [2.75, 3.05) is 46.4 Å². The van der Waals surface area contributed by atoms with E-state index in [1.54, 1.807) is 0 Å². The zero-order valence-corrected chi connectivity index (χ0v) is 9.48. The Balaban J connectivity index is 2.33. The van der Waals surface area contributed by atoms with E-state index in [2.05, 4.69) is 9.80 Å². The Kier molecular flexibility index (Phi) is 5.01. The first-order chi connectivity index (χ1) is 7.19. The minimum absolute atomic E-state index is 0.161. The second kappa shape index (κ2) is 6.05. The quantitative estimate of drug-likeness (QED) is 0.621. The van der Waals surface area contributed by atoms with Crippen LogP contribution in [0.1, 0.15) is 6.92 Å². The van der Waals surface area contributed by atoms with Crippen molar-refractivity contribution in [1.29, 1.82) is 0 Å². The molecule has 0 aromatic carbocycles. The van der Waals surface area contributed by atoms with E-state index in [1.165, 1.54) is 7.11 Å². The van der Waals surface area contributed by atoms with E-state index in [-0.39, 0.29) is 18.6 Å². The number of aliphatic hydroxyl groups excluding tert-OH is 1. The fourth-order valence-electron chi connectivity index (χ4n) is 1.84. The molecule has 0 unspecified atom stereocenters. The molecule has 1 rings (SSSR count). The molecule has 0 bridgehead atoms. The van der Waals surface area contributed by atoms with E-state index < -0.39 is 0 Å². The van der Waals surface area contributed by atoms with Gasteiger partial charge in [-0.2, -0.15) is 0 Å². The third kappa shape index (κ3) is 3.44. The third-order valence-corrected chi connectivity index (χ3v) is 2.91. The van der Waals surface area contributed by atoms with E-state index >= 15 is 0 Å². The first-order valence-corrected chi connectivity index (χ1v) is 5.34. The second-order valence-corrected chi connectivity index (χ2v) is 3.80. The number of β-amino-alcohol motifs (C(OH)–C–C–N with tert-alkyl or cyclic N) is 1. The maximum atomic E-state index is 11.3. The van der Waals surface area contributed by atoms with E-state index in [9.17, 15) is 4.79 Å². The monoisotopic (exact) mass is 216 g/mol. The van der Waals surface area contributed by atoms with Gasteiger partial charge in [0.05, 0.1) is 13.7 Å². The van der Waals surface area contributed by atoms with Gasteiger partial charge in [-0.1, -0.05) is 0 Å². The van der Waals surface area contributed by atoms with Gasteiger partial charge in [0.1, 0.15) is 6.04 Å². The van der Waals surface area contributed by atoms with Gasteiger partial charge in [0, 0.05) is 32.7 Å². The molecule has 0 aromatic heterocycles. The summed E-state index contributed by atoms with van der Waals surface area (Å²) in [5.41, 5.74) is 0. The van der Waals surface area contributed by atoms with Gasteiger partial charge in [-0.3, -0.25) is 14.6 Å². The number of piperazine rings is 1. The highest BCUT2D eigenvalue weighted by molar-refractivity contribution is 5.75. The minimum atomic E-state index is -0.175. The Hall–Kier alpha value is -0.650. The normalized spacial score (nSPS) is 21.3. The number of hydrogen-bond acceptors (Lipinski definition) is 5. The van der Waals surface area contributed by atoms with Crippen LogP contribution in [0.3, 0.4) is 0 Å². The predicted octanol–water partition coefficient (Wildman–Crippen LogP) is -0.842. The maximum absolute atomic E-state index is 11.3. The van der Waals surface area contributed by atoms with Crippen LogP contribution in [0.25, 0.3) is 0 Å². The highest BCUT2D eigenvalue weighted by Gasteiger charge is 2.25. The number of esters is 1. The Morgan fingerprint density at radius 2 is 2.00 bits per heavy atom. The van der Waals surface area contributed by atoms with Gasteiger partial charge in [0.2, 0.25) is 0 Å². The lowest BCUT2D eigenvalue weighted by atomic mass is 10.2. The number of nitrogens with zero attached hydrogens (tertiary/aromatic N) is 2. The van der Waals surface area contributed by atoms with Gasteiger partial charge in [-0.15, -0.1) is 0 Å². The summed E-state index contributed by atoms with van der Waals surface area (Å²) in [5, 5.41) is 8.79. The summed E-state index contributed by atoms with van der Waals surface area (Å²) in [7, 11) is 1.42. The second-order valence-electron chi connectivity index (χ2n) is 3.80. The molecule has 15 heavy (non-hydrogen) atoms. The molecular weight excluding hydrogens is 196 g/mol. The molecule has 1 heterocycles. The lowest BCUT2D eigenvalue weighted by Gasteiger charge is -2.36. The largest absolute Gasteiger partial charge is 0.468 e. The van der Waals surface area contributed by atoms with Crippen molar-refractivity contribution in [2.24, 2.45) is 0 Å². The zero-order chi connectivity index (χ0) is 11.3. The number of aliphatic hydroxyl groups is 1. The number of hydrogen-bond donors (Lipinski definition) is 1. The molecule has 0 aliphatic carbocycles. The minimum Gasteiger partial charge on any atom is -0.468 e. The van der Waals surface area contributed by atoms with Crippen LogP contribution in [0.4, 0.5) is 0 Å². The Labute approximate surface area is 90.6 Å². The van der Waals surface area contributed by atoms with Crippen LogP contribution >= 0.6 is 0 Å². The standard InChI is InChI=1S/C10H20N2O3/c1-9(10(14)15-2)12-5-3-11(4-6-12)7-8-13/h9,13H,3-8H2,1-2H3/t9-/m1/s1. The summed E-state index contributed by atoms with van der Waals surface area (Å²) in [5.74, 6) is -0.175. The van der Waals surface area contributed by atoms with E-state index in [0.717, 1.165) is 32.7 Å². The number of rotatable bonds is 4. The van der Waals surface area contributed by atoms with Crippen LogP contribution < -0.4 is 0 Å². The Morgan fingerprint density at radius 1 is 1.40 bits per heavy atom. The summed E-state index contributed by atoms with van der Waals surface area (Å²) in [6.45, 7) is 6.32. The third-order valence-electron chi connectivity index (χ3n) is 2.91. The highest BCUT2D eigenvalue weighted by atomic mass is 16.5. The van der Waals surface area contributed by atoms with Crippen molar-refractivity contribution in [1.82, 2.24) is 9.80 Å². The van der Waals surface area contributed by atoms with Crippen LogP contribution in [-0.4, -0.2) is 73.4 Å². The smallest absolute Gasteiger partial charge is 0.322 e. The fraction of sp³-hybridized carbons (Fsp3) is 0.900. The van der Waals surface area contributed by atoms with Gasteiger partial charge >= 0.3 is 5.97 Å². The van der Waals surface area contributed by atoms with Crippen molar-refractivity contribution in [3.8, 4) is 0 Å². The maximum Gasteiger partial charge on any atom is 0.322 e. The summed E-state index contributed by atoms with van der Waals surface area (Å²) >= 11 is 0. The average molecular weight is 216 g/mol. The molecule has 0 spiro atoms. The molecule has 0 radical (unpaired) electrons. The molecule has 1 N–H and O–H groups in total. The van der Waals surface area contributed by atoms with Gasteiger partial charge < -0.3 is 9.84 Å². The summed E-state index contributed by atoms with van der Waals surface area (Å²) in [6, 6.07) is -0.161. The molecule has 1 aliphatic heterocycles. The van der Waals surface area contributed by atoms with Crippen molar-refractivity contribution < 1.29 is 14.6 Å². The SMILES string of the molecule is COC(=O)[C@@H](C)N1CCN(CCO)CC1. The van der Waals surface area contributed by atoms with Crippen LogP contribution in [0.5, 0.6) is 0 Å². The van der Waals surface area contributed by atoms with Crippen molar-refractivity contribution in [3.63, 3.8) is 0 Å². The van der Waals surface area contributed by atoms with Crippen LogP contribution in [0.15, 0.2) is 0 Å². The van der Waals surface area contributed by atoms with E-state index in [4.69, 9.17) is 9.84 Å². The first kappa shape index (κ1) is 12.4. The van der Waals surface area contributed by atoms with E-state index in [1.807, 2.05) is 6.92 Å². The number of carbonyl (C=O) groups excluding carboxylic acids is 1. The molecule has 1 atom stereocenters. The van der Waals surface area contributed by atoms with Crippen molar-refractivity contribution >= 4 is 5.97 Å². The van der Waals surface area contributed by atoms with Crippen molar-refractivity contribution in [2.45, 2.75) is 13.0 Å². The first-order valence-electron chi connectivity index (χ1n) is 5.34. The van der Waals surface area contributed by atoms with Gasteiger partial charge in [-0.05, 0) is 6.92 Å². The fourth-order valence-corrected chi connectivity index (χ4v) is 1.84. The molecule has 5 nitrogen and oxygen atoms in total. The molecule has 0 aromatic rings.